The van der Waals surface area contributed by atoms with Gasteiger partial charge in [0.25, 0.3) is 0 Å². The number of fused-ring (bicyclic) bond motifs is 1. The fraction of sp³-hybridized carbons (Fsp3) is 0.533. The zero-order valence-electron chi connectivity index (χ0n) is 11.5. The minimum Gasteiger partial charge on any atom is -0.346 e. The maximum atomic E-state index is 4.32. The summed E-state index contributed by atoms with van der Waals surface area (Å²) in [5, 5.41) is 4.84. The van der Waals surface area contributed by atoms with Gasteiger partial charge in [0.15, 0.2) is 0 Å². The Morgan fingerprint density at radius 3 is 3.11 bits per heavy atom. The van der Waals surface area contributed by atoms with E-state index >= 15 is 0 Å². The van der Waals surface area contributed by atoms with E-state index in [9.17, 15) is 0 Å². The highest BCUT2D eigenvalue weighted by Gasteiger charge is 2.14. The Balaban J connectivity index is 1.56. The Morgan fingerprint density at radius 1 is 1.42 bits per heavy atom. The van der Waals surface area contributed by atoms with Crippen molar-refractivity contribution >= 4 is 11.0 Å². The van der Waals surface area contributed by atoms with E-state index in [1.54, 1.807) is 0 Å². The van der Waals surface area contributed by atoms with Gasteiger partial charge in [0, 0.05) is 36.9 Å². The van der Waals surface area contributed by atoms with Crippen molar-refractivity contribution in [2.24, 2.45) is 0 Å². The molecule has 102 valence electrons. The van der Waals surface area contributed by atoms with Crippen LogP contribution >= 0.6 is 0 Å². The van der Waals surface area contributed by atoms with Crippen molar-refractivity contribution in [3.05, 3.63) is 30.1 Å². The van der Waals surface area contributed by atoms with E-state index < -0.39 is 0 Å². The number of rotatable bonds is 5. The molecule has 0 bridgehead atoms. The van der Waals surface area contributed by atoms with E-state index in [0.717, 1.165) is 18.7 Å². The van der Waals surface area contributed by atoms with E-state index in [2.05, 4.69) is 39.4 Å². The average molecular weight is 258 g/mol. The molecule has 0 aliphatic carbocycles. The second-order valence-electron chi connectivity index (χ2n) is 5.50. The molecule has 1 unspecified atom stereocenters. The van der Waals surface area contributed by atoms with Crippen molar-refractivity contribution < 1.29 is 0 Å². The summed E-state index contributed by atoms with van der Waals surface area (Å²) in [6.07, 6.45) is 6.61. The van der Waals surface area contributed by atoms with Gasteiger partial charge in [-0.15, -0.1) is 0 Å². The molecule has 0 saturated carbocycles. The quantitative estimate of drug-likeness (QED) is 0.863. The highest BCUT2D eigenvalue weighted by atomic mass is 15.2. The average Bonchev–Trinajstić information content (AvgIpc) is 3.05. The molecule has 0 radical (unpaired) electrons. The number of hydrogen-bond donors (Lipinski definition) is 2. The first-order chi connectivity index (χ1) is 9.33. The molecule has 0 amide bonds. The van der Waals surface area contributed by atoms with Crippen molar-refractivity contribution in [1.82, 2.24) is 20.2 Å². The minimum absolute atomic E-state index is 0.528. The number of H-pyrrole nitrogens is 1. The largest absolute Gasteiger partial charge is 0.346 e. The SMILES string of the molecule is CC(CN1CCCC1)NCc1c[nH]c2ncccc12. The van der Waals surface area contributed by atoms with Gasteiger partial charge in [-0.3, -0.25) is 0 Å². The normalized spacial score (nSPS) is 18.2. The van der Waals surface area contributed by atoms with Gasteiger partial charge in [-0.25, -0.2) is 4.98 Å². The summed E-state index contributed by atoms with van der Waals surface area (Å²) in [5.74, 6) is 0. The zero-order chi connectivity index (χ0) is 13.1. The highest BCUT2D eigenvalue weighted by Crippen LogP contribution is 2.15. The number of nitrogens with one attached hydrogen (secondary N) is 2. The molecule has 0 aromatic carbocycles. The molecule has 1 aliphatic rings. The van der Waals surface area contributed by atoms with Crippen LogP contribution in [-0.4, -0.2) is 40.5 Å². The van der Waals surface area contributed by atoms with Crippen LogP contribution in [-0.2, 0) is 6.54 Å². The highest BCUT2D eigenvalue weighted by molar-refractivity contribution is 5.79. The van der Waals surface area contributed by atoms with Gasteiger partial charge < -0.3 is 15.2 Å². The minimum atomic E-state index is 0.528. The Labute approximate surface area is 114 Å². The summed E-state index contributed by atoms with van der Waals surface area (Å²) in [6.45, 7) is 6.86. The van der Waals surface area contributed by atoms with E-state index in [-0.39, 0.29) is 0 Å². The lowest BCUT2D eigenvalue weighted by Crippen LogP contribution is -2.37. The number of aromatic nitrogens is 2. The third-order valence-electron chi connectivity index (χ3n) is 3.91. The molecule has 19 heavy (non-hydrogen) atoms. The van der Waals surface area contributed by atoms with Gasteiger partial charge in [0.2, 0.25) is 0 Å². The monoisotopic (exact) mass is 258 g/mol. The van der Waals surface area contributed by atoms with Crippen LogP contribution in [0.1, 0.15) is 25.3 Å². The molecule has 2 N–H and O–H groups in total. The van der Waals surface area contributed by atoms with Gasteiger partial charge in [-0.1, -0.05) is 0 Å². The van der Waals surface area contributed by atoms with Crippen molar-refractivity contribution in [1.29, 1.82) is 0 Å². The second kappa shape index (κ2) is 5.72. The zero-order valence-corrected chi connectivity index (χ0v) is 11.5. The van der Waals surface area contributed by atoms with Gasteiger partial charge in [-0.2, -0.15) is 0 Å². The first-order valence-corrected chi connectivity index (χ1v) is 7.19. The van der Waals surface area contributed by atoms with Crippen LogP contribution in [0.25, 0.3) is 11.0 Å². The third kappa shape index (κ3) is 2.96. The molecule has 1 aliphatic heterocycles. The summed E-state index contributed by atoms with van der Waals surface area (Å²) >= 11 is 0. The first kappa shape index (κ1) is 12.6. The van der Waals surface area contributed by atoms with Gasteiger partial charge >= 0.3 is 0 Å². The first-order valence-electron chi connectivity index (χ1n) is 7.19. The second-order valence-corrected chi connectivity index (χ2v) is 5.50. The molecule has 4 heteroatoms. The molecule has 1 saturated heterocycles. The van der Waals surface area contributed by atoms with Crippen LogP contribution in [0.15, 0.2) is 24.5 Å². The molecule has 4 nitrogen and oxygen atoms in total. The van der Waals surface area contributed by atoms with Crippen molar-refractivity contribution in [2.45, 2.75) is 32.4 Å². The maximum absolute atomic E-state index is 4.32. The van der Waals surface area contributed by atoms with Crippen LogP contribution in [0.3, 0.4) is 0 Å². The van der Waals surface area contributed by atoms with Crippen LogP contribution in [0.5, 0.6) is 0 Å². The van der Waals surface area contributed by atoms with Crippen molar-refractivity contribution in [2.75, 3.05) is 19.6 Å². The molecule has 1 fully saturated rings. The summed E-state index contributed by atoms with van der Waals surface area (Å²) in [4.78, 5) is 10.1. The van der Waals surface area contributed by atoms with Gasteiger partial charge in [0.1, 0.15) is 5.65 Å². The number of nitrogens with zero attached hydrogens (tertiary/aromatic N) is 2. The van der Waals surface area contributed by atoms with Gasteiger partial charge in [0.05, 0.1) is 0 Å². The number of hydrogen-bond acceptors (Lipinski definition) is 3. The maximum Gasteiger partial charge on any atom is 0.137 e. The lowest BCUT2D eigenvalue weighted by atomic mass is 10.2. The fourth-order valence-corrected chi connectivity index (χ4v) is 2.86. The molecule has 0 spiro atoms. The van der Waals surface area contributed by atoms with Crippen LogP contribution in [0, 0.1) is 0 Å². The number of likely N-dealkylation sites (tertiary alicyclic amines) is 1. The van der Waals surface area contributed by atoms with Crippen molar-refractivity contribution in [3.63, 3.8) is 0 Å². The molecule has 2 aromatic heterocycles. The summed E-state index contributed by atoms with van der Waals surface area (Å²) in [5.41, 5.74) is 2.28. The fourth-order valence-electron chi connectivity index (χ4n) is 2.86. The Hall–Kier alpha value is -1.39. The van der Waals surface area contributed by atoms with Crippen LogP contribution in [0.2, 0.25) is 0 Å². The molecule has 1 atom stereocenters. The van der Waals surface area contributed by atoms with E-state index in [1.807, 2.05) is 12.3 Å². The molecule has 2 aromatic rings. The molecule has 3 heterocycles. The number of pyridine rings is 1. The van der Waals surface area contributed by atoms with Crippen LogP contribution in [0.4, 0.5) is 0 Å². The van der Waals surface area contributed by atoms with E-state index in [4.69, 9.17) is 0 Å². The lowest BCUT2D eigenvalue weighted by Gasteiger charge is -2.21. The lowest BCUT2D eigenvalue weighted by molar-refractivity contribution is 0.298. The van der Waals surface area contributed by atoms with E-state index in [0.29, 0.717) is 6.04 Å². The molecular formula is C15H22N4. The van der Waals surface area contributed by atoms with Crippen molar-refractivity contribution in [3.8, 4) is 0 Å². The smallest absolute Gasteiger partial charge is 0.137 e. The van der Waals surface area contributed by atoms with Gasteiger partial charge in [-0.05, 0) is 50.6 Å². The Bertz CT molecular complexity index is 528. The Morgan fingerprint density at radius 2 is 2.26 bits per heavy atom. The standard InChI is InChI=1S/C15H22N4/c1-12(11-19-7-2-3-8-19)17-9-13-10-18-15-14(13)5-4-6-16-15/h4-6,10,12,17H,2-3,7-9,11H2,1H3,(H,16,18). The molecular weight excluding hydrogens is 236 g/mol. The summed E-state index contributed by atoms with van der Waals surface area (Å²) in [6, 6.07) is 4.65. The van der Waals surface area contributed by atoms with Crippen LogP contribution < -0.4 is 5.32 Å². The Kier molecular flexibility index (Phi) is 3.80. The summed E-state index contributed by atoms with van der Waals surface area (Å²) in [7, 11) is 0. The van der Waals surface area contributed by atoms with E-state index in [1.165, 1.54) is 36.9 Å². The molecule has 3 rings (SSSR count). The topological polar surface area (TPSA) is 44.0 Å². The number of aromatic amines is 1. The third-order valence-corrected chi connectivity index (χ3v) is 3.91. The predicted molar refractivity (Wildman–Crippen MR) is 78.1 cm³/mol. The predicted octanol–water partition coefficient (Wildman–Crippen LogP) is 2.14. The summed E-state index contributed by atoms with van der Waals surface area (Å²) < 4.78 is 0.